The number of allylic oxidation sites excluding steroid dienone is 1. The van der Waals surface area contributed by atoms with Gasteiger partial charge in [0.05, 0.1) is 0 Å². The van der Waals surface area contributed by atoms with Gasteiger partial charge in [0.25, 0.3) is 11.8 Å². The number of carbonyl (C=O) groups is 3. The van der Waals surface area contributed by atoms with Crippen LogP contribution in [0.15, 0.2) is 151 Å². The van der Waals surface area contributed by atoms with Crippen LogP contribution in [0.3, 0.4) is 0 Å². The molecular formula is C37H28N2O3. The molecule has 0 saturated carbocycles. The van der Waals surface area contributed by atoms with Gasteiger partial charge in [0.15, 0.2) is 5.78 Å². The quantitative estimate of drug-likeness (QED) is 0.147. The van der Waals surface area contributed by atoms with Gasteiger partial charge in [-0.15, -0.1) is 0 Å². The molecule has 42 heavy (non-hydrogen) atoms. The third-order valence-corrected chi connectivity index (χ3v) is 6.51. The molecule has 5 aromatic rings. The Balaban J connectivity index is 1.33. The van der Waals surface area contributed by atoms with E-state index in [2.05, 4.69) is 10.6 Å². The van der Waals surface area contributed by atoms with Crippen molar-refractivity contribution in [3.05, 3.63) is 174 Å². The predicted molar refractivity (Wildman–Crippen MR) is 169 cm³/mol. The Hall–Kier alpha value is -5.81. The van der Waals surface area contributed by atoms with Crippen molar-refractivity contribution in [2.45, 2.75) is 0 Å². The van der Waals surface area contributed by atoms with Crippen molar-refractivity contribution in [3.63, 3.8) is 0 Å². The third-order valence-electron chi connectivity index (χ3n) is 6.51. The molecule has 2 N–H and O–H groups in total. The number of nitrogens with one attached hydrogen (secondary N) is 2. The van der Waals surface area contributed by atoms with Gasteiger partial charge in [-0.05, 0) is 70.8 Å². The molecule has 0 aliphatic carbocycles. The van der Waals surface area contributed by atoms with E-state index in [-0.39, 0.29) is 11.5 Å². The third kappa shape index (κ3) is 7.43. The van der Waals surface area contributed by atoms with Crippen LogP contribution in [0.4, 0.5) is 5.69 Å². The molecule has 5 nitrogen and oxygen atoms in total. The number of benzene rings is 5. The standard InChI is InChI=1S/C37H28N2O3/c40-35(25-18-27-10-4-1-5-11-27)31-21-23-33(24-22-31)38-37(42)34(39-36(41)32-14-8-3-9-15-32)26-28-16-19-30(20-17-28)29-12-6-2-7-13-29/h1-26H,(H,38,42)(H,39,41)/b25-18+,34-26-. The zero-order valence-electron chi connectivity index (χ0n) is 22.7. The maximum atomic E-state index is 13.4. The van der Waals surface area contributed by atoms with Crippen molar-refractivity contribution in [1.29, 1.82) is 0 Å². The van der Waals surface area contributed by atoms with Crippen molar-refractivity contribution >= 4 is 35.4 Å². The molecule has 0 atom stereocenters. The van der Waals surface area contributed by atoms with Crippen molar-refractivity contribution < 1.29 is 14.4 Å². The summed E-state index contributed by atoms with van der Waals surface area (Å²) in [6.45, 7) is 0. The largest absolute Gasteiger partial charge is 0.321 e. The lowest BCUT2D eigenvalue weighted by molar-refractivity contribution is -0.113. The summed E-state index contributed by atoms with van der Waals surface area (Å²) in [5, 5.41) is 5.59. The molecule has 0 aliphatic heterocycles. The van der Waals surface area contributed by atoms with Crippen LogP contribution < -0.4 is 10.6 Å². The second-order valence-corrected chi connectivity index (χ2v) is 9.51. The SMILES string of the molecule is O=C(Nc1ccc(C(=O)/C=C/c2ccccc2)cc1)/C(=C/c1ccc(-c2ccccc2)cc1)NC(=O)c1ccccc1. The summed E-state index contributed by atoms with van der Waals surface area (Å²) in [7, 11) is 0. The van der Waals surface area contributed by atoms with Gasteiger partial charge in [0, 0.05) is 16.8 Å². The summed E-state index contributed by atoms with van der Waals surface area (Å²) in [6.07, 6.45) is 4.92. The molecule has 5 aromatic carbocycles. The Labute approximate surface area is 244 Å². The highest BCUT2D eigenvalue weighted by molar-refractivity contribution is 6.11. The zero-order chi connectivity index (χ0) is 29.1. The molecule has 0 unspecified atom stereocenters. The molecule has 0 heterocycles. The van der Waals surface area contributed by atoms with E-state index in [4.69, 9.17) is 0 Å². The van der Waals surface area contributed by atoms with Crippen LogP contribution in [0.25, 0.3) is 23.3 Å². The topological polar surface area (TPSA) is 75.3 Å². The molecule has 0 radical (unpaired) electrons. The number of rotatable bonds is 9. The highest BCUT2D eigenvalue weighted by Crippen LogP contribution is 2.21. The Morgan fingerprint density at radius 1 is 0.524 bits per heavy atom. The van der Waals surface area contributed by atoms with Crippen LogP contribution in [0.2, 0.25) is 0 Å². The van der Waals surface area contributed by atoms with Gasteiger partial charge >= 0.3 is 0 Å². The number of carbonyl (C=O) groups excluding carboxylic acids is 3. The minimum absolute atomic E-state index is 0.0854. The average molecular weight is 549 g/mol. The zero-order valence-corrected chi connectivity index (χ0v) is 22.7. The summed E-state index contributed by atoms with van der Waals surface area (Å²) < 4.78 is 0. The van der Waals surface area contributed by atoms with Crippen LogP contribution in [0.5, 0.6) is 0 Å². The molecule has 204 valence electrons. The maximum absolute atomic E-state index is 13.4. The first kappa shape index (κ1) is 27.7. The lowest BCUT2D eigenvalue weighted by Gasteiger charge is -2.12. The highest BCUT2D eigenvalue weighted by atomic mass is 16.2. The van der Waals surface area contributed by atoms with Crippen LogP contribution in [0, 0.1) is 0 Å². The van der Waals surface area contributed by atoms with Crippen molar-refractivity contribution in [3.8, 4) is 11.1 Å². The lowest BCUT2D eigenvalue weighted by Crippen LogP contribution is -2.30. The summed E-state index contributed by atoms with van der Waals surface area (Å²) in [6, 6.07) is 42.6. The molecule has 0 spiro atoms. The van der Waals surface area contributed by atoms with Gasteiger partial charge in [-0.3, -0.25) is 14.4 Å². The van der Waals surface area contributed by atoms with Crippen molar-refractivity contribution in [1.82, 2.24) is 5.32 Å². The molecule has 2 amide bonds. The summed E-state index contributed by atoms with van der Waals surface area (Å²) in [5.41, 5.74) is 5.31. The molecule has 0 saturated heterocycles. The smallest absolute Gasteiger partial charge is 0.272 e. The number of anilines is 1. The molecule has 0 bridgehead atoms. The van der Waals surface area contributed by atoms with E-state index in [0.29, 0.717) is 16.8 Å². The van der Waals surface area contributed by atoms with E-state index in [9.17, 15) is 14.4 Å². The molecule has 5 heteroatoms. The second kappa shape index (κ2) is 13.5. The molecule has 0 aromatic heterocycles. The molecular weight excluding hydrogens is 520 g/mol. The van der Waals surface area contributed by atoms with E-state index in [1.165, 1.54) is 6.08 Å². The van der Waals surface area contributed by atoms with Crippen LogP contribution in [-0.2, 0) is 4.79 Å². The predicted octanol–water partition coefficient (Wildman–Crippen LogP) is 7.66. The van der Waals surface area contributed by atoms with E-state index in [0.717, 1.165) is 22.3 Å². The lowest BCUT2D eigenvalue weighted by atomic mass is 10.0. The Morgan fingerprint density at radius 2 is 1.10 bits per heavy atom. The highest BCUT2D eigenvalue weighted by Gasteiger charge is 2.15. The van der Waals surface area contributed by atoms with E-state index < -0.39 is 11.8 Å². The van der Waals surface area contributed by atoms with Gasteiger partial charge in [-0.25, -0.2) is 0 Å². The van der Waals surface area contributed by atoms with Crippen molar-refractivity contribution in [2.75, 3.05) is 5.32 Å². The normalized spacial score (nSPS) is 11.2. The van der Waals surface area contributed by atoms with Gasteiger partial charge in [-0.2, -0.15) is 0 Å². The monoisotopic (exact) mass is 548 g/mol. The van der Waals surface area contributed by atoms with Crippen LogP contribution >= 0.6 is 0 Å². The minimum atomic E-state index is -0.491. The summed E-state index contributed by atoms with van der Waals surface area (Å²) in [4.78, 5) is 38.9. The van der Waals surface area contributed by atoms with Gasteiger partial charge < -0.3 is 10.6 Å². The van der Waals surface area contributed by atoms with Gasteiger partial charge in [0.2, 0.25) is 0 Å². The average Bonchev–Trinajstić information content (AvgIpc) is 3.05. The Bertz CT molecular complexity index is 1720. The van der Waals surface area contributed by atoms with Crippen LogP contribution in [-0.4, -0.2) is 17.6 Å². The van der Waals surface area contributed by atoms with E-state index in [1.807, 2.05) is 91.0 Å². The van der Waals surface area contributed by atoms with E-state index >= 15 is 0 Å². The fraction of sp³-hybridized carbons (Fsp3) is 0. The first-order valence-electron chi connectivity index (χ1n) is 13.5. The first-order chi connectivity index (χ1) is 20.5. The van der Waals surface area contributed by atoms with Crippen molar-refractivity contribution in [2.24, 2.45) is 0 Å². The summed E-state index contributed by atoms with van der Waals surface area (Å²) in [5.74, 6) is -1.04. The molecule has 5 rings (SSSR count). The number of hydrogen-bond acceptors (Lipinski definition) is 3. The number of hydrogen-bond donors (Lipinski definition) is 2. The Morgan fingerprint density at radius 3 is 1.74 bits per heavy atom. The second-order valence-electron chi connectivity index (χ2n) is 9.51. The fourth-order valence-corrected chi connectivity index (χ4v) is 4.26. The van der Waals surface area contributed by atoms with E-state index in [1.54, 1.807) is 60.7 Å². The molecule has 0 aliphatic rings. The van der Waals surface area contributed by atoms with Gasteiger partial charge in [0.1, 0.15) is 5.70 Å². The number of ketones is 1. The summed E-state index contributed by atoms with van der Waals surface area (Å²) >= 11 is 0. The number of amides is 2. The molecule has 0 fully saturated rings. The van der Waals surface area contributed by atoms with Crippen LogP contribution in [0.1, 0.15) is 31.8 Å². The maximum Gasteiger partial charge on any atom is 0.272 e. The fourth-order valence-electron chi connectivity index (χ4n) is 4.26. The van der Waals surface area contributed by atoms with Gasteiger partial charge in [-0.1, -0.05) is 109 Å². The Kier molecular flexibility index (Phi) is 8.92. The first-order valence-corrected chi connectivity index (χ1v) is 13.5. The minimum Gasteiger partial charge on any atom is -0.321 e.